The lowest BCUT2D eigenvalue weighted by molar-refractivity contribution is -0.383. The molecule has 7 heteroatoms. The zero-order valence-corrected chi connectivity index (χ0v) is 12.6. The first-order chi connectivity index (χ1) is 9.40. The Morgan fingerprint density at radius 1 is 1.35 bits per heavy atom. The monoisotopic (exact) mass is 358 g/mol. The first-order valence-corrected chi connectivity index (χ1v) is 6.73. The summed E-state index contributed by atoms with van der Waals surface area (Å²) >= 11 is 8.91. The summed E-state index contributed by atoms with van der Waals surface area (Å²) in [5.41, 5.74) is 1.16. The Morgan fingerprint density at radius 3 is 2.70 bits per heavy atom. The van der Waals surface area contributed by atoms with Crippen LogP contribution in [0, 0.1) is 22.9 Å². The Labute approximate surface area is 127 Å². The molecule has 104 valence electrons. The Kier molecular flexibility index (Phi) is 4.25. The number of benzene rings is 2. The minimum atomic E-state index is -0.574. The number of nitrogens with one attached hydrogen (secondary N) is 1. The zero-order valence-electron chi connectivity index (χ0n) is 10.3. The van der Waals surface area contributed by atoms with Gasteiger partial charge in [0.15, 0.2) is 0 Å². The second-order valence-corrected chi connectivity index (χ2v) is 5.36. The summed E-state index contributed by atoms with van der Waals surface area (Å²) in [6, 6.07) is 7.39. The van der Waals surface area contributed by atoms with Crippen molar-refractivity contribution in [1.29, 1.82) is 0 Å². The van der Waals surface area contributed by atoms with Crippen LogP contribution in [-0.4, -0.2) is 4.92 Å². The van der Waals surface area contributed by atoms with Crippen molar-refractivity contribution < 1.29 is 9.31 Å². The zero-order chi connectivity index (χ0) is 14.9. The molecule has 0 radical (unpaired) electrons. The van der Waals surface area contributed by atoms with Crippen molar-refractivity contribution in [2.45, 2.75) is 6.92 Å². The van der Waals surface area contributed by atoms with Crippen LogP contribution < -0.4 is 5.32 Å². The average Bonchev–Trinajstić information content (AvgIpc) is 2.35. The van der Waals surface area contributed by atoms with Gasteiger partial charge in [0.1, 0.15) is 16.5 Å². The quantitative estimate of drug-likeness (QED) is 0.605. The van der Waals surface area contributed by atoms with Gasteiger partial charge >= 0.3 is 5.69 Å². The van der Waals surface area contributed by atoms with Crippen LogP contribution >= 0.6 is 27.5 Å². The topological polar surface area (TPSA) is 55.2 Å². The molecule has 0 aromatic heterocycles. The number of anilines is 2. The van der Waals surface area contributed by atoms with Gasteiger partial charge in [-0.25, -0.2) is 4.39 Å². The molecular weight excluding hydrogens is 351 g/mol. The van der Waals surface area contributed by atoms with Gasteiger partial charge in [0.05, 0.1) is 9.40 Å². The van der Waals surface area contributed by atoms with Gasteiger partial charge < -0.3 is 5.32 Å². The minimum Gasteiger partial charge on any atom is -0.350 e. The fourth-order valence-corrected chi connectivity index (χ4v) is 2.43. The number of nitro groups is 1. The van der Waals surface area contributed by atoms with Crippen molar-refractivity contribution in [2.24, 2.45) is 0 Å². The highest BCUT2D eigenvalue weighted by atomic mass is 79.9. The number of para-hydroxylation sites is 1. The molecule has 0 bridgehead atoms. The molecule has 2 aromatic rings. The van der Waals surface area contributed by atoms with Gasteiger partial charge in [0, 0.05) is 5.69 Å². The van der Waals surface area contributed by atoms with Gasteiger partial charge in [0.25, 0.3) is 0 Å². The number of halogens is 3. The van der Waals surface area contributed by atoms with E-state index in [1.807, 2.05) is 0 Å². The second-order valence-electron chi connectivity index (χ2n) is 4.10. The lowest BCUT2D eigenvalue weighted by atomic mass is 10.2. The highest BCUT2D eigenvalue weighted by Gasteiger charge is 2.19. The molecular formula is C13H9BrClFN2O2. The molecule has 0 amide bonds. The molecule has 4 nitrogen and oxygen atoms in total. The molecule has 0 aliphatic heterocycles. The van der Waals surface area contributed by atoms with E-state index in [1.54, 1.807) is 19.1 Å². The molecule has 0 fully saturated rings. The van der Waals surface area contributed by atoms with Crippen molar-refractivity contribution in [3.8, 4) is 0 Å². The lowest BCUT2D eigenvalue weighted by Crippen LogP contribution is -1.99. The maximum absolute atomic E-state index is 13.6. The normalized spacial score (nSPS) is 10.4. The summed E-state index contributed by atoms with van der Waals surface area (Å²) in [5.74, 6) is -0.456. The highest BCUT2D eigenvalue weighted by Crippen LogP contribution is 2.35. The number of rotatable bonds is 3. The Balaban J connectivity index is 2.48. The van der Waals surface area contributed by atoms with Crippen LogP contribution in [0.3, 0.4) is 0 Å². The van der Waals surface area contributed by atoms with Gasteiger partial charge in [-0.05, 0) is 52.7 Å². The van der Waals surface area contributed by atoms with E-state index >= 15 is 0 Å². The van der Waals surface area contributed by atoms with Crippen LogP contribution in [-0.2, 0) is 0 Å². The standard InChI is InChI=1S/C13H9BrClFN2O2/c1-7-5-8(14)10(16)6-12(7)17-11-4-2-3-9(15)13(11)18(19)20/h2-6,17H,1H3. The molecule has 0 spiro atoms. The van der Waals surface area contributed by atoms with Crippen LogP contribution in [0.4, 0.5) is 21.5 Å². The van der Waals surface area contributed by atoms with Crippen molar-refractivity contribution in [2.75, 3.05) is 5.32 Å². The predicted octanol–water partition coefficient (Wildman–Crippen LogP) is 5.20. The van der Waals surface area contributed by atoms with Crippen LogP contribution in [0.1, 0.15) is 5.56 Å². The van der Waals surface area contributed by atoms with Crippen LogP contribution in [0.5, 0.6) is 0 Å². The Bertz CT molecular complexity index is 694. The summed E-state index contributed by atoms with van der Waals surface area (Å²) in [7, 11) is 0. The fraction of sp³-hybridized carbons (Fsp3) is 0.0769. The third kappa shape index (κ3) is 2.91. The molecule has 2 aromatic carbocycles. The van der Waals surface area contributed by atoms with Gasteiger partial charge in [-0.15, -0.1) is 0 Å². The lowest BCUT2D eigenvalue weighted by Gasteiger charge is -2.11. The number of nitro benzene ring substituents is 1. The van der Waals surface area contributed by atoms with Gasteiger partial charge in [-0.3, -0.25) is 10.1 Å². The first-order valence-electron chi connectivity index (χ1n) is 5.55. The SMILES string of the molecule is Cc1cc(Br)c(F)cc1Nc1cccc(Cl)c1[N+](=O)[O-]. The van der Waals surface area contributed by atoms with E-state index in [4.69, 9.17) is 11.6 Å². The number of hydrogen-bond acceptors (Lipinski definition) is 3. The third-order valence-corrected chi connectivity index (χ3v) is 3.62. The van der Waals surface area contributed by atoms with E-state index in [2.05, 4.69) is 21.2 Å². The molecule has 0 heterocycles. The van der Waals surface area contributed by atoms with Crippen LogP contribution in [0.2, 0.25) is 5.02 Å². The fourth-order valence-electron chi connectivity index (χ4n) is 1.73. The third-order valence-electron chi connectivity index (χ3n) is 2.71. The number of hydrogen-bond donors (Lipinski definition) is 1. The highest BCUT2D eigenvalue weighted by molar-refractivity contribution is 9.10. The smallest absolute Gasteiger partial charge is 0.311 e. The van der Waals surface area contributed by atoms with Gasteiger partial charge in [0.2, 0.25) is 0 Å². The molecule has 0 saturated heterocycles. The summed E-state index contributed by atoms with van der Waals surface area (Å²) in [6.45, 7) is 1.77. The van der Waals surface area contributed by atoms with E-state index in [0.29, 0.717) is 10.2 Å². The molecule has 2 rings (SSSR count). The molecule has 20 heavy (non-hydrogen) atoms. The summed E-state index contributed by atoms with van der Waals surface area (Å²) in [6.07, 6.45) is 0. The largest absolute Gasteiger partial charge is 0.350 e. The van der Waals surface area contributed by atoms with Crippen molar-refractivity contribution in [3.05, 3.63) is 61.3 Å². The Morgan fingerprint density at radius 2 is 2.05 bits per heavy atom. The predicted molar refractivity (Wildman–Crippen MR) is 80.2 cm³/mol. The Hall–Kier alpha value is -1.66. The van der Waals surface area contributed by atoms with Crippen LogP contribution in [0.15, 0.2) is 34.8 Å². The van der Waals surface area contributed by atoms with Crippen LogP contribution in [0.25, 0.3) is 0 Å². The number of aryl methyl sites for hydroxylation is 1. The van der Waals surface area contributed by atoms with E-state index in [0.717, 1.165) is 5.56 Å². The van der Waals surface area contributed by atoms with E-state index in [-0.39, 0.29) is 16.4 Å². The summed E-state index contributed by atoms with van der Waals surface area (Å²) < 4.78 is 13.9. The first kappa shape index (κ1) is 14.7. The second kappa shape index (κ2) is 5.76. The van der Waals surface area contributed by atoms with E-state index in [1.165, 1.54) is 18.2 Å². The van der Waals surface area contributed by atoms with Crippen molar-refractivity contribution >= 4 is 44.6 Å². The van der Waals surface area contributed by atoms with Crippen molar-refractivity contribution in [1.82, 2.24) is 0 Å². The molecule has 0 unspecified atom stereocenters. The molecule has 0 saturated carbocycles. The molecule has 0 aliphatic rings. The minimum absolute atomic E-state index is 0.0234. The summed E-state index contributed by atoms with van der Waals surface area (Å²) in [4.78, 5) is 10.5. The maximum atomic E-state index is 13.6. The van der Waals surface area contributed by atoms with E-state index < -0.39 is 10.7 Å². The molecule has 0 atom stereocenters. The molecule has 1 N–H and O–H groups in total. The molecule has 0 aliphatic carbocycles. The maximum Gasteiger partial charge on any atom is 0.311 e. The van der Waals surface area contributed by atoms with Gasteiger partial charge in [-0.1, -0.05) is 17.7 Å². The van der Waals surface area contributed by atoms with Crippen molar-refractivity contribution in [3.63, 3.8) is 0 Å². The van der Waals surface area contributed by atoms with E-state index in [9.17, 15) is 14.5 Å². The number of nitrogens with zero attached hydrogens (tertiary/aromatic N) is 1. The summed E-state index contributed by atoms with van der Waals surface area (Å²) in [5, 5.41) is 13.9. The van der Waals surface area contributed by atoms with Gasteiger partial charge in [-0.2, -0.15) is 0 Å². The average molecular weight is 360 g/mol.